The zero-order chi connectivity index (χ0) is 15.3. The standard InChI is InChI=1S/C12H16N2O6.ClH/c1-18-10-4-7(8(13)5-12(15)20-3)9(14(16)17)6-11(10)19-2;/h4,6,8H,5,13H2,1-3H3;1H/t8-;/m0./s1. The van der Waals surface area contributed by atoms with E-state index in [-0.39, 0.29) is 35.8 Å². The zero-order valence-electron chi connectivity index (χ0n) is 11.8. The molecule has 8 nitrogen and oxygen atoms in total. The smallest absolute Gasteiger partial charge is 0.307 e. The van der Waals surface area contributed by atoms with Crippen LogP contribution >= 0.6 is 12.4 Å². The number of carbonyl (C=O) groups is 1. The first-order valence-electron chi connectivity index (χ1n) is 5.67. The second-order valence-electron chi connectivity index (χ2n) is 3.91. The molecular formula is C12H17ClN2O6. The Morgan fingerprint density at radius 3 is 2.24 bits per heavy atom. The highest BCUT2D eigenvalue weighted by Gasteiger charge is 2.25. The number of carbonyl (C=O) groups excluding carboxylic acids is 1. The van der Waals surface area contributed by atoms with Crippen LogP contribution in [0, 0.1) is 10.1 Å². The van der Waals surface area contributed by atoms with Crippen LogP contribution in [0.3, 0.4) is 0 Å². The van der Waals surface area contributed by atoms with Crippen LogP contribution in [0.25, 0.3) is 0 Å². The Bertz CT molecular complexity index is 523. The third kappa shape index (κ3) is 4.47. The first kappa shape index (κ1) is 18.9. The number of methoxy groups -OCH3 is 3. The average molecular weight is 321 g/mol. The number of benzene rings is 1. The predicted octanol–water partition coefficient (Wildman–Crippen LogP) is 1.60. The van der Waals surface area contributed by atoms with Gasteiger partial charge in [-0.2, -0.15) is 0 Å². The van der Waals surface area contributed by atoms with Crippen LogP contribution < -0.4 is 15.2 Å². The van der Waals surface area contributed by atoms with E-state index in [0.29, 0.717) is 5.75 Å². The van der Waals surface area contributed by atoms with E-state index in [2.05, 4.69) is 4.74 Å². The lowest BCUT2D eigenvalue weighted by molar-refractivity contribution is -0.385. The molecule has 1 aromatic rings. The highest BCUT2D eigenvalue weighted by atomic mass is 35.5. The molecule has 0 aliphatic rings. The van der Waals surface area contributed by atoms with Crippen molar-refractivity contribution in [3.8, 4) is 11.5 Å². The number of rotatable bonds is 6. The van der Waals surface area contributed by atoms with E-state index in [0.717, 1.165) is 0 Å². The fourth-order valence-corrected chi connectivity index (χ4v) is 1.71. The fraction of sp³-hybridized carbons (Fsp3) is 0.417. The van der Waals surface area contributed by atoms with Crippen molar-refractivity contribution < 1.29 is 23.9 Å². The molecule has 118 valence electrons. The topological polar surface area (TPSA) is 114 Å². The number of nitro groups is 1. The summed E-state index contributed by atoms with van der Waals surface area (Å²) in [6.45, 7) is 0. The van der Waals surface area contributed by atoms with Crippen molar-refractivity contribution >= 4 is 24.1 Å². The summed E-state index contributed by atoms with van der Waals surface area (Å²) in [7, 11) is 3.99. The van der Waals surface area contributed by atoms with E-state index in [1.54, 1.807) is 0 Å². The van der Waals surface area contributed by atoms with Crippen molar-refractivity contribution in [1.82, 2.24) is 0 Å². The molecule has 21 heavy (non-hydrogen) atoms. The molecule has 0 fully saturated rings. The molecule has 1 rings (SSSR count). The van der Waals surface area contributed by atoms with E-state index in [4.69, 9.17) is 15.2 Å². The van der Waals surface area contributed by atoms with Gasteiger partial charge in [-0.15, -0.1) is 12.4 Å². The van der Waals surface area contributed by atoms with Gasteiger partial charge in [0.05, 0.1) is 44.3 Å². The van der Waals surface area contributed by atoms with Crippen molar-refractivity contribution in [2.75, 3.05) is 21.3 Å². The van der Waals surface area contributed by atoms with Crippen LogP contribution in [0.15, 0.2) is 12.1 Å². The quantitative estimate of drug-likeness (QED) is 0.481. The molecule has 1 aromatic carbocycles. The van der Waals surface area contributed by atoms with Gasteiger partial charge in [-0.05, 0) is 6.07 Å². The summed E-state index contributed by atoms with van der Waals surface area (Å²) in [5.41, 5.74) is 5.77. The van der Waals surface area contributed by atoms with Crippen molar-refractivity contribution in [3.05, 3.63) is 27.8 Å². The van der Waals surface area contributed by atoms with Crippen molar-refractivity contribution in [2.24, 2.45) is 5.73 Å². The molecule has 0 unspecified atom stereocenters. The molecule has 0 aliphatic heterocycles. The van der Waals surface area contributed by atoms with Gasteiger partial charge in [-0.25, -0.2) is 0 Å². The largest absolute Gasteiger partial charge is 0.493 e. The number of esters is 1. The second kappa shape index (κ2) is 8.28. The second-order valence-corrected chi connectivity index (χ2v) is 3.91. The number of halogens is 1. The van der Waals surface area contributed by atoms with Crippen LogP contribution in [0.4, 0.5) is 5.69 Å². The summed E-state index contributed by atoms with van der Waals surface area (Å²) in [5, 5.41) is 11.1. The molecule has 0 aromatic heterocycles. The lowest BCUT2D eigenvalue weighted by Gasteiger charge is -2.14. The highest BCUT2D eigenvalue weighted by molar-refractivity contribution is 5.85. The molecule has 0 spiro atoms. The molecule has 9 heteroatoms. The molecule has 0 aliphatic carbocycles. The zero-order valence-corrected chi connectivity index (χ0v) is 12.6. The van der Waals surface area contributed by atoms with Crippen LogP contribution in [-0.4, -0.2) is 32.2 Å². The Kier molecular flexibility index (Phi) is 7.46. The normalized spacial score (nSPS) is 11.0. The Hall–Kier alpha value is -2.06. The summed E-state index contributed by atoms with van der Waals surface area (Å²) in [5.74, 6) is -0.0387. The highest BCUT2D eigenvalue weighted by Crippen LogP contribution is 2.37. The van der Waals surface area contributed by atoms with Gasteiger partial charge in [0.25, 0.3) is 5.69 Å². The number of nitrogens with two attached hydrogens (primary N) is 1. The monoisotopic (exact) mass is 320 g/mol. The van der Waals surface area contributed by atoms with Gasteiger partial charge in [0.15, 0.2) is 11.5 Å². The summed E-state index contributed by atoms with van der Waals surface area (Å²) >= 11 is 0. The van der Waals surface area contributed by atoms with Gasteiger partial charge in [0.2, 0.25) is 0 Å². The molecule has 0 heterocycles. The third-order valence-electron chi connectivity index (χ3n) is 2.74. The SMILES string of the molecule is COC(=O)C[C@H](N)c1cc(OC)c(OC)cc1[N+](=O)[O-].Cl. The van der Waals surface area contributed by atoms with Gasteiger partial charge in [-0.3, -0.25) is 14.9 Å². The molecule has 1 atom stereocenters. The van der Waals surface area contributed by atoms with Gasteiger partial charge in [0, 0.05) is 6.04 Å². The number of hydrogen-bond donors (Lipinski definition) is 1. The molecule has 0 saturated carbocycles. The first-order chi connectivity index (χ1) is 9.44. The van der Waals surface area contributed by atoms with Gasteiger partial charge in [0.1, 0.15) is 0 Å². The van der Waals surface area contributed by atoms with E-state index >= 15 is 0 Å². The maximum Gasteiger partial charge on any atom is 0.307 e. The third-order valence-corrected chi connectivity index (χ3v) is 2.74. The fourth-order valence-electron chi connectivity index (χ4n) is 1.71. The lowest BCUT2D eigenvalue weighted by Crippen LogP contribution is -2.18. The average Bonchev–Trinajstić information content (AvgIpc) is 2.45. The molecule has 0 radical (unpaired) electrons. The number of ether oxygens (including phenoxy) is 3. The Morgan fingerprint density at radius 1 is 1.29 bits per heavy atom. The van der Waals surface area contributed by atoms with E-state index in [1.165, 1.54) is 33.5 Å². The molecular weight excluding hydrogens is 304 g/mol. The van der Waals surface area contributed by atoms with E-state index in [9.17, 15) is 14.9 Å². The summed E-state index contributed by atoms with van der Waals surface area (Å²) < 4.78 is 14.6. The Morgan fingerprint density at radius 2 is 1.81 bits per heavy atom. The number of hydrogen-bond acceptors (Lipinski definition) is 7. The maximum atomic E-state index is 11.2. The van der Waals surface area contributed by atoms with E-state index < -0.39 is 16.9 Å². The van der Waals surface area contributed by atoms with Crippen molar-refractivity contribution in [3.63, 3.8) is 0 Å². The Balaban J connectivity index is 0.00000400. The summed E-state index contributed by atoms with van der Waals surface area (Å²) in [4.78, 5) is 21.7. The Labute approximate surface area is 127 Å². The van der Waals surface area contributed by atoms with Gasteiger partial charge in [-0.1, -0.05) is 0 Å². The summed E-state index contributed by atoms with van der Waals surface area (Å²) in [6, 6.07) is 1.73. The maximum absolute atomic E-state index is 11.2. The molecule has 0 amide bonds. The number of nitrogens with zero attached hydrogens (tertiary/aromatic N) is 1. The molecule has 2 N–H and O–H groups in total. The summed E-state index contributed by atoms with van der Waals surface area (Å²) in [6.07, 6.45) is -0.174. The van der Waals surface area contributed by atoms with Crippen LogP contribution in [0.1, 0.15) is 18.0 Å². The first-order valence-corrected chi connectivity index (χ1v) is 5.67. The number of nitro benzene ring substituents is 1. The lowest BCUT2D eigenvalue weighted by atomic mass is 10.0. The minimum atomic E-state index is -0.873. The van der Waals surface area contributed by atoms with Crippen LogP contribution in [0.5, 0.6) is 11.5 Å². The van der Waals surface area contributed by atoms with Gasteiger partial charge >= 0.3 is 5.97 Å². The van der Waals surface area contributed by atoms with E-state index in [1.807, 2.05) is 0 Å². The van der Waals surface area contributed by atoms with Gasteiger partial charge < -0.3 is 19.9 Å². The predicted molar refractivity (Wildman–Crippen MR) is 77.0 cm³/mol. The van der Waals surface area contributed by atoms with Crippen LogP contribution in [-0.2, 0) is 9.53 Å². The molecule has 0 bridgehead atoms. The van der Waals surface area contributed by atoms with Crippen molar-refractivity contribution in [2.45, 2.75) is 12.5 Å². The minimum Gasteiger partial charge on any atom is -0.493 e. The minimum absolute atomic E-state index is 0. The van der Waals surface area contributed by atoms with Crippen LogP contribution in [0.2, 0.25) is 0 Å². The van der Waals surface area contributed by atoms with Crippen molar-refractivity contribution in [1.29, 1.82) is 0 Å². The molecule has 0 saturated heterocycles.